The van der Waals surface area contributed by atoms with Crippen LogP contribution in [0, 0.1) is 0 Å². The molecule has 8 nitrogen and oxygen atoms in total. The van der Waals surface area contributed by atoms with Crippen LogP contribution in [-0.4, -0.2) is 22.2 Å². The number of hydrazine groups is 1. The van der Waals surface area contributed by atoms with Gasteiger partial charge in [-0.3, -0.25) is 14.8 Å². The van der Waals surface area contributed by atoms with E-state index in [1.54, 1.807) is 6.92 Å². The number of hydrogen-bond donors (Lipinski definition) is 3. The fourth-order valence-electron chi connectivity index (χ4n) is 2.89. The van der Waals surface area contributed by atoms with Gasteiger partial charge in [0, 0.05) is 6.07 Å². The minimum atomic E-state index is -0.809. The Morgan fingerprint density at radius 3 is 2.15 bits per heavy atom. The normalized spacial score (nSPS) is 12.0. The Labute approximate surface area is 160 Å². The van der Waals surface area contributed by atoms with Gasteiger partial charge >= 0.3 is 11.8 Å². The van der Waals surface area contributed by atoms with Gasteiger partial charge in [0.2, 0.25) is 0 Å². The van der Waals surface area contributed by atoms with Crippen molar-refractivity contribution in [2.75, 3.05) is 5.01 Å². The van der Waals surface area contributed by atoms with E-state index in [1.165, 1.54) is 51.4 Å². The van der Waals surface area contributed by atoms with Crippen LogP contribution in [0.1, 0.15) is 84.5 Å². The summed E-state index contributed by atoms with van der Waals surface area (Å²) < 4.78 is 5.26. The third-order valence-corrected chi connectivity index (χ3v) is 4.47. The number of aromatic amines is 2. The highest BCUT2D eigenvalue weighted by Gasteiger charge is 2.17. The molecule has 8 heteroatoms. The van der Waals surface area contributed by atoms with Crippen molar-refractivity contribution in [1.29, 1.82) is 0 Å². The highest BCUT2D eigenvalue weighted by Crippen LogP contribution is 2.13. The van der Waals surface area contributed by atoms with Crippen molar-refractivity contribution in [2.24, 2.45) is 5.84 Å². The molecule has 0 aliphatic heterocycles. The lowest BCUT2D eigenvalue weighted by molar-refractivity contribution is 0.107. The lowest BCUT2D eigenvalue weighted by Gasteiger charge is -2.19. The van der Waals surface area contributed by atoms with Crippen molar-refractivity contribution in [2.45, 2.75) is 90.6 Å². The molecular weight excluding hydrogens is 348 g/mol. The maximum atomic E-state index is 12.0. The van der Waals surface area contributed by atoms with Crippen LogP contribution in [0.3, 0.4) is 0 Å². The zero-order valence-corrected chi connectivity index (χ0v) is 16.6. The Bertz CT molecular complexity index is 627. The predicted molar refractivity (Wildman–Crippen MR) is 107 cm³/mol. The molecule has 1 heterocycles. The lowest BCUT2D eigenvalue weighted by Crippen LogP contribution is -2.42. The summed E-state index contributed by atoms with van der Waals surface area (Å²) in [5.41, 5.74) is -1.38. The fraction of sp³-hybridized carbons (Fsp3) is 0.737. The van der Waals surface area contributed by atoms with Crippen molar-refractivity contribution in [3.05, 3.63) is 26.9 Å². The Hall–Kier alpha value is -2.09. The van der Waals surface area contributed by atoms with Crippen molar-refractivity contribution in [3.63, 3.8) is 0 Å². The molecule has 0 spiro atoms. The van der Waals surface area contributed by atoms with Gasteiger partial charge in [-0.25, -0.2) is 15.4 Å². The molecule has 1 atom stereocenters. The average Bonchev–Trinajstić information content (AvgIpc) is 2.61. The fourth-order valence-corrected chi connectivity index (χ4v) is 2.89. The van der Waals surface area contributed by atoms with Crippen molar-refractivity contribution >= 4 is 11.9 Å². The summed E-state index contributed by atoms with van der Waals surface area (Å²) in [5.74, 6) is 5.50. The van der Waals surface area contributed by atoms with Gasteiger partial charge in [0.25, 0.3) is 5.56 Å². The molecule has 4 N–H and O–H groups in total. The number of carbonyl (C=O) groups excluding carboxylic acids is 1. The van der Waals surface area contributed by atoms with Crippen LogP contribution in [0.15, 0.2) is 15.7 Å². The summed E-state index contributed by atoms with van der Waals surface area (Å²) in [4.78, 5) is 38.8. The number of anilines is 1. The molecule has 0 fully saturated rings. The third-order valence-electron chi connectivity index (χ3n) is 4.47. The number of aromatic nitrogens is 2. The van der Waals surface area contributed by atoms with E-state index < -0.39 is 17.3 Å². The first kappa shape index (κ1) is 23.0. The Kier molecular flexibility index (Phi) is 11.2. The molecule has 0 aromatic carbocycles. The van der Waals surface area contributed by atoms with E-state index >= 15 is 0 Å². The van der Waals surface area contributed by atoms with Crippen molar-refractivity contribution in [1.82, 2.24) is 9.97 Å². The van der Waals surface area contributed by atoms with E-state index in [9.17, 15) is 14.4 Å². The number of unbranched alkanes of at least 4 members (excludes halogenated alkanes) is 9. The topological polar surface area (TPSA) is 121 Å². The summed E-state index contributed by atoms with van der Waals surface area (Å²) in [6.07, 6.45) is 12.1. The second-order valence-electron chi connectivity index (χ2n) is 7.01. The molecular formula is C19H34N4O4. The molecule has 1 aromatic rings. The van der Waals surface area contributed by atoms with E-state index in [0.717, 1.165) is 25.3 Å². The molecule has 0 aliphatic rings. The molecule has 1 rings (SSSR count). The highest BCUT2D eigenvalue weighted by atomic mass is 16.6. The number of carbonyl (C=O) groups is 1. The quantitative estimate of drug-likeness (QED) is 0.208. The molecule has 154 valence electrons. The Morgan fingerprint density at radius 2 is 1.59 bits per heavy atom. The summed E-state index contributed by atoms with van der Waals surface area (Å²) in [6.45, 7) is 4.03. The van der Waals surface area contributed by atoms with Gasteiger partial charge < -0.3 is 4.74 Å². The van der Waals surface area contributed by atoms with E-state index in [2.05, 4.69) is 11.9 Å². The maximum absolute atomic E-state index is 12.0. The van der Waals surface area contributed by atoms with Crippen molar-refractivity contribution in [3.8, 4) is 0 Å². The van der Waals surface area contributed by atoms with Crippen LogP contribution in [0.2, 0.25) is 0 Å². The van der Waals surface area contributed by atoms with Gasteiger partial charge in [-0.1, -0.05) is 64.7 Å². The second kappa shape index (κ2) is 13.1. The largest absolute Gasteiger partial charge is 0.445 e. The molecule has 0 bridgehead atoms. The highest BCUT2D eigenvalue weighted by molar-refractivity contribution is 5.84. The first-order valence-corrected chi connectivity index (χ1v) is 10.0. The smallest absolute Gasteiger partial charge is 0.430 e. The number of hydrogen-bond acceptors (Lipinski definition) is 5. The zero-order chi connectivity index (χ0) is 20.1. The zero-order valence-electron chi connectivity index (χ0n) is 16.6. The predicted octanol–water partition coefficient (Wildman–Crippen LogP) is 3.58. The summed E-state index contributed by atoms with van der Waals surface area (Å²) in [7, 11) is 0. The summed E-state index contributed by atoms with van der Waals surface area (Å²) in [5, 5.41) is 0.631. The Morgan fingerprint density at radius 1 is 1.04 bits per heavy atom. The minimum absolute atomic E-state index is 0.111. The van der Waals surface area contributed by atoms with Crippen LogP contribution >= 0.6 is 0 Å². The van der Waals surface area contributed by atoms with Crippen LogP contribution in [0.5, 0.6) is 0 Å². The van der Waals surface area contributed by atoms with Crippen LogP contribution in [0.25, 0.3) is 0 Å². The van der Waals surface area contributed by atoms with Gasteiger partial charge in [-0.05, 0) is 19.8 Å². The summed E-state index contributed by atoms with van der Waals surface area (Å²) >= 11 is 0. The molecule has 1 unspecified atom stereocenters. The van der Waals surface area contributed by atoms with E-state index in [1.807, 2.05) is 4.98 Å². The number of nitrogens with zero attached hydrogens (tertiary/aromatic N) is 1. The van der Waals surface area contributed by atoms with E-state index in [-0.39, 0.29) is 11.9 Å². The maximum Gasteiger partial charge on any atom is 0.430 e. The van der Waals surface area contributed by atoms with Crippen LogP contribution < -0.4 is 22.1 Å². The Balaban J connectivity index is 2.17. The molecule has 0 saturated carbocycles. The van der Waals surface area contributed by atoms with E-state index in [4.69, 9.17) is 10.6 Å². The SMILES string of the molecule is CCCCCCCCCCCCC(C)OC(=O)N(N)c1cc(=O)[nH]c(=O)[nH]1. The van der Waals surface area contributed by atoms with Crippen LogP contribution in [0.4, 0.5) is 10.6 Å². The number of amides is 1. The van der Waals surface area contributed by atoms with Gasteiger partial charge in [0.15, 0.2) is 0 Å². The van der Waals surface area contributed by atoms with Crippen LogP contribution in [-0.2, 0) is 4.74 Å². The van der Waals surface area contributed by atoms with Gasteiger partial charge in [-0.15, -0.1) is 0 Å². The number of nitrogens with one attached hydrogen (secondary N) is 2. The van der Waals surface area contributed by atoms with Gasteiger partial charge in [-0.2, -0.15) is 5.01 Å². The molecule has 0 aliphatic carbocycles. The monoisotopic (exact) mass is 382 g/mol. The van der Waals surface area contributed by atoms with Gasteiger partial charge in [0.05, 0.1) is 0 Å². The average molecular weight is 383 g/mol. The number of nitrogens with two attached hydrogens (primary N) is 1. The van der Waals surface area contributed by atoms with Gasteiger partial charge in [0.1, 0.15) is 11.9 Å². The second-order valence-corrected chi connectivity index (χ2v) is 7.01. The first-order chi connectivity index (χ1) is 12.9. The molecule has 1 amide bonds. The molecule has 1 aromatic heterocycles. The minimum Gasteiger partial charge on any atom is -0.445 e. The molecule has 27 heavy (non-hydrogen) atoms. The van der Waals surface area contributed by atoms with Crippen molar-refractivity contribution < 1.29 is 9.53 Å². The standard InChI is InChI=1S/C19H34N4O4/c1-3-4-5-6-7-8-9-10-11-12-13-15(2)27-19(26)23(20)16-14-17(24)22-18(25)21-16/h14-15H,3-13,20H2,1-2H3,(H2,21,22,24,25). The lowest BCUT2D eigenvalue weighted by atomic mass is 10.1. The number of ether oxygens (including phenoxy) is 1. The molecule has 0 radical (unpaired) electrons. The first-order valence-electron chi connectivity index (χ1n) is 10.0. The number of H-pyrrole nitrogens is 2. The number of rotatable bonds is 13. The van der Waals surface area contributed by atoms with E-state index in [0.29, 0.717) is 5.01 Å². The molecule has 0 saturated heterocycles. The third kappa shape index (κ3) is 9.98. The summed E-state index contributed by atoms with van der Waals surface area (Å²) in [6, 6.07) is 1.02.